The second-order valence-corrected chi connectivity index (χ2v) is 6.77. The van der Waals surface area contributed by atoms with E-state index in [2.05, 4.69) is 0 Å². The summed E-state index contributed by atoms with van der Waals surface area (Å²) < 4.78 is 28.1. The molecule has 0 saturated heterocycles. The number of hydrogen-bond acceptors (Lipinski definition) is 5. The molecule has 0 heterocycles. The zero-order valence-corrected chi connectivity index (χ0v) is 8.72. The highest BCUT2D eigenvalue weighted by atomic mass is 33.1. The molecule has 0 bridgehead atoms. The van der Waals surface area contributed by atoms with Gasteiger partial charge >= 0.3 is 15.1 Å². The molecule has 0 rings (SSSR count). The van der Waals surface area contributed by atoms with E-state index in [4.69, 9.17) is 15.4 Å². The third kappa shape index (κ3) is 4.46. The lowest BCUT2D eigenvalue weighted by atomic mass is 10.1. The second-order valence-electron chi connectivity index (χ2n) is 2.93. The number of carboxylic acid groups (broad SMARTS) is 1. The Kier molecular flexibility index (Phi) is 3.73. The number of aliphatic carboxylic acids is 1. The molecule has 0 aromatic heterocycles. The fourth-order valence-corrected chi connectivity index (χ4v) is 3.31. The van der Waals surface area contributed by atoms with Crippen LogP contribution in [0.1, 0.15) is 13.8 Å². The van der Waals surface area contributed by atoms with Gasteiger partial charge in [0.25, 0.3) is 0 Å². The Balaban J connectivity index is 4.68. The minimum absolute atomic E-state index is 0.117. The summed E-state index contributed by atoms with van der Waals surface area (Å²) in [4.78, 5) is 10.4. The summed E-state index contributed by atoms with van der Waals surface area (Å²) in [5.41, 5.74) is 5.21. The van der Waals surface area contributed by atoms with Crippen LogP contribution in [0.25, 0.3) is 0 Å². The first kappa shape index (κ1) is 12.7. The minimum atomic E-state index is -4.29. The van der Waals surface area contributed by atoms with E-state index in [1.807, 2.05) is 0 Å². The summed E-state index contributed by atoms with van der Waals surface area (Å²) in [5, 5.41) is 8.50. The van der Waals surface area contributed by atoms with Gasteiger partial charge in [-0.25, -0.2) is 0 Å². The molecule has 0 aromatic rings. The van der Waals surface area contributed by atoms with Gasteiger partial charge < -0.3 is 10.8 Å². The SMILES string of the molecule is CC(C)(SS(=O)(=O)O)[C@H](N)C(=O)O. The van der Waals surface area contributed by atoms with Gasteiger partial charge in [-0.2, -0.15) is 8.42 Å². The first-order valence-corrected chi connectivity index (χ1v) is 6.00. The van der Waals surface area contributed by atoms with Crippen LogP contribution < -0.4 is 5.73 Å². The molecule has 0 aromatic carbocycles. The lowest BCUT2D eigenvalue weighted by molar-refractivity contribution is -0.139. The van der Waals surface area contributed by atoms with E-state index in [0.29, 0.717) is 0 Å². The normalized spacial score (nSPS) is 15.4. The fourth-order valence-electron chi connectivity index (χ4n) is 0.621. The third-order valence-corrected chi connectivity index (χ3v) is 4.15. The van der Waals surface area contributed by atoms with Crippen molar-refractivity contribution in [1.29, 1.82) is 0 Å². The summed E-state index contributed by atoms with van der Waals surface area (Å²) in [6, 6.07) is -1.36. The molecule has 0 saturated carbocycles. The van der Waals surface area contributed by atoms with Gasteiger partial charge in [0.15, 0.2) is 0 Å². The van der Waals surface area contributed by atoms with Gasteiger partial charge in [-0.15, -0.1) is 0 Å². The Hall–Kier alpha value is -0.310. The van der Waals surface area contributed by atoms with Gasteiger partial charge in [0.1, 0.15) is 6.04 Å². The molecule has 0 amide bonds. The lowest BCUT2D eigenvalue weighted by Crippen LogP contribution is -2.47. The Bertz CT molecular complexity index is 296. The monoisotopic (exact) mass is 229 g/mol. The van der Waals surface area contributed by atoms with Gasteiger partial charge in [0, 0.05) is 10.8 Å². The van der Waals surface area contributed by atoms with Crippen molar-refractivity contribution in [3.05, 3.63) is 0 Å². The average Bonchev–Trinajstić information content (AvgIpc) is 1.80. The van der Waals surface area contributed by atoms with Crippen molar-refractivity contribution in [1.82, 2.24) is 0 Å². The van der Waals surface area contributed by atoms with Gasteiger partial charge in [-0.05, 0) is 13.8 Å². The maximum Gasteiger partial charge on any atom is 0.321 e. The molecule has 0 aliphatic heterocycles. The van der Waals surface area contributed by atoms with Crippen LogP contribution in [0, 0.1) is 0 Å². The van der Waals surface area contributed by atoms with Gasteiger partial charge in [-0.3, -0.25) is 9.35 Å². The predicted molar refractivity (Wildman–Crippen MR) is 48.8 cm³/mol. The molecule has 6 nitrogen and oxygen atoms in total. The van der Waals surface area contributed by atoms with Crippen LogP contribution in [-0.2, 0) is 13.9 Å². The lowest BCUT2D eigenvalue weighted by Gasteiger charge is -2.25. The van der Waals surface area contributed by atoms with E-state index >= 15 is 0 Å². The number of rotatable bonds is 4. The van der Waals surface area contributed by atoms with Crippen LogP contribution in [0.3, 0.4) is 0 Å². The molecule has 0 radical (unpaired) electrons. The molecule has 0 spiro atoms. The Morgan fingerprint density at radius 3 is 2.15 bits per heavy atom. The highest BCUT2D eigenvalue weighted by molar-refractivity contribution is 8.70. The predicted octanol–water partition coefficient (Wildman–Crippen LogP) is -0.287. The van der Waals surface area contributed by atoms with Crippen LogP contribution in [0.2, 0.25) is 0 Å². The average molecular weight is 229 g/mol. The maximum absolute atomic E-state index is 10.4. The largest absolute Gasteiger partial charge is 0.480 e. The highest BCUT2D eigenvalue weighted by Crippen LogP contribution is 2.31. The molecule has 78 valence electrons. The second kappa shape index (κ2) is 3.82. The van der Waals surface area contributed by atoms with Crippen LogP contribution in [0.15, 0.2) is 0 Å². The molecule has 8 heteroatoms. The summed E-state index contributed by atoms with van der Waals surface area (Å²) in [5.74, 6) is -1.32. The molecule has 1 atom stereocenters. The van der Waals surface area contributed by atoms with Crippen LogP contribution in [0.5, 0.6) is 0 Å². The van der Waals surface area contributed by atoms with E-state index in [-0.39, 0.29) is 10.8 Å². The smallest absolute Gasteiger partial charge is 0.321 e. The molecule has 0 aliphatic rings. The Morgan fingerprint density at radius 1 is 1.54 bits per heavy atom. The van der Waals surface area contributed by atoms with Crippen molar-refractivity contribution in [3.8, 4) is 0 Å². The summed E-state index contributed by atoms with van der Waals surface area (Å²) in [6.45, 7) is 2.65. The topological polar surface area (TPSA) is 118 Å². The van der Waals surface area contributed by atoms with E-state index in [0.717, 1.165) is 0 Å². The molecule has 4 N–H and O–H groups in total. The molecule has 0 fully saturated rings. The van der Waals surface area contributed by atoms with Crippen molar-refractivity contribution >= 4 is 25.9 Å². The zero-order valence-electron chi connectivity index (χ0n) is 7.09. The quantitative estimate of drug-likeness (QED) is 0.448. The highest BCUT2D eigenvalue weighted by Gasteiger charge is 2.36. The minimum Gasteiger partial charge on any atom is -0.480 e. The van der Waals surface area contributed by atoms with Gasteiger partial charge in [-0.1, -0.05) is 0 Å². The number of hydrogen-bond donors (Lipinski definition) is 3. The third-order valence-electron chi connectivity index (χ3n) is 1.34. The zero-order chi connectivity index (χ0) is 10.9. The van der Waals surface area contributed by atoms with Crippen molar-refractivity contribution in [2.75, 3.05) is 0 Å². The van der Waals surface area contributed by atoms with Crippen LogP contribution in [0.4, 0.5) is 0 Å². The first-order valence-electron chi connectivity index (χ1n) is 3.23. The van der Waals surface area contributed by atoms with Crippen molar-refractivity contribution in [2.24, 2.45) is 5.73 Å². The first-order chi connectivity index (χ1) is 5.56. The van der Waals surface area contributed by atoms with Crippen molar-refractivity contribution in [3.63, 3.8) is 0 Å². The van der Waals surface area contributed by atoms with E-state index in [1.54, 1.807) is 0 Å². The van der Waals surface area contributed by atoms with E-state index in [1.165, 1.54) is 13.8 Å². The van der Waals surface area contributed by atoms with Crippen LogP contribution in [-0.4, -0.2) is 34.8 Å². The van der Waals surface area contributed by atoms with Crippen molar-refractivity contribution < 1.29 is 22.9 Å². The maximum atomic E-state index is 10.4. The fraction of sp³-hybridized carbons (Fsp3) is 0.800. The molecule has 0 unspecified atom stereocenters. The summed E-state index contributed by atoms with van der Waals surface area (Å²) >= 11 is 0. The molecule has 0 aliphatic carbocycles. The van der Waals surface area contributed by atoms with Gasteiger partial charge in [0.05, 0.1) is 4.75 Å². The van der Waals surface area contributed by atoms with E-state index < -0.39 is 25.9 Å². The number of carbonyl (C=O) groups is 1. The molecule has 13 heavy (non-hydrogen) atoms. The molecular formula is C5H11NO5S2. The Labute approximate surface area is 79.6 Å². The van der Waals surface area contributed by atoms with Crippen LogP contribution >= 0.6 is 10.8 Å². The molecular weight excluding hydrogens is 218 g/mol. The number of nitrogens with two attached hydrogens (primary N) is 1. The number of carboxylic acids is 1. The van der Waals surface area contributed by atoms with E-state index in [9.17, 15) is 13.2 Å². The van der Waals surface area contributed by atoms with Gasteiger partial charge in [0.2, 0.25) is 0 Å². The van der Waals surface area contributed by atoms with Crippen molar-refractivity contribution in [2.45, 2.75) is 24.6 Å². The summed E-state index contributed by atoms with van der Waals surface area (Å²) in [6.07, 6.45) is 0. The Morgan fingerprint density at radius 2 is 1.92 bits per heavy atom. The summed E-state index contributed by atoms with van der Waals surface area (Å²) in [7, 11) is -4.17. The standard InChI is InChI=1S/C5H11NO5S2/c1-5(2,3(6)4(7)8)12-13(9,10)11/h3H,6H2,1-2H3,(H,7,8)(H,9,10,11)/t3-/m1/s1.